The summed E-state index contributed by atoms with van der Waals surface area (Å²) in [5.41, 5.74) is 7.01. The highest BCUT2D eigenvalue weighted by Crippen LogP contribution is 2.19. The number of amides is 1. The maximum absolute atomic E-state index is 11.4. The van der Waals surface area contributed by atoms with E-state index in [1.54, 1.807) is 0 Å². The van der Waals surface area contributed by atoms with Crippen molar-refractivity contribution in [2.24, 2.45) is 0 Å². The highest BCUT2D eigenvalue weighted by atomic mass is 79.9. The molecule has 0 saturated carbocycles. The zero-order chi connectivity index (χ0) is 13.8. The van der Waals surface area contributed by atoms with Gasteiger partial charge in [0.05, 0.1) is 0 Å². The Bertz CT molecular complexity index is 427. The van der Waals surface area contributed by atoms with E-state index >= 15 is 0 Å². The van der Waals surface area contributed by atoms with Crippen LogP contribution in [0.4, 0.5) is 10.5 Å². The lowest BCUT2D eigenvalue weighted by Crippen LogP contribution is -2.33. The summed E-state index contributed by atoms with van der Waals surface area (Å²) < 4.78 is 6.13. The molecule has 4 nitrogen and oxygen atoms in total. The zero-order valence-electron chi connectivity index (χ0n) is 10.9. The number of rotatable bonds is 3. The van der Waals surface area contributed by atoms with Crippen molar-refractivity contribution in [2.75, 3.05) is 12.3 Å². The topological polar surface area (TPSA) is 64.3 Å². The maximum Gasteiger partial charge on any atom is 0.407 e. The highest BCUT2D eigenvalue weighted by molar-refractivity contribution is 9.10. The molecule has 0 aliphatic heterocycles. The fourth-order valence-corrected chi connectivity index (χ4v) is 1.84. The second kappa shape index (κ2) is 6.09. The van der Waals surface area contributed by atoms with Crippen LogP contribution in [0.2, 0.25) is 0 Å². The highest BCUT2D eigenvalue weighted by Gasteiger charge is 2.15. The third-order valence-electron chi connectivity index (χ3n) is 2.13. The van der Waals surface area contributed by atoms with Gasteiger partial charge in [-0.05, 0) is 51.0 Å². The molecule has 0 bridgehead atoms. The van der Waals surface area contributed by atoms with Gasteiger partial charge in [0, 0.05) is 16.7 Å². The molecular formula is C13H19BrN2O2. The molecule has 18 heavy (non-hydrogen) atoms. The average molecular weight is 315 g/mol. The first-order valence-corrected chi connectivity index (χ1v) is 6.58. The number of hydrogen-bond donors (Lipinski definition) is 2. The van der Waals surface area contributed by atoms with Crippen molar-refractivity contribution < 1.29 is 9.53 Å². The number of alkyl carbamates (subject to hydrolysis) is 1. The van der Waals surface area contributed by atoms with E-state index in [4.69, 9.17) is 10.5 Å². The molecule has 0 atom stereocenters. The predicted molar refractivity (Wildman–Crippen MR) is 76.5 cm³/mol. The van der Waals surface area contributed by atoms with Crippen molar-refractivity contribution >= 4 is 27.7 Å². The Labute approximate surface area is 116 Å². The Hall–Kier alpha value is -1.23. The van der Waals surface area contributed by atoms with Crippen molar-refractivity contribution in [3.05, 3.63) is 28.2 Å². The smallest absolute Gasteiger partial charge is 0.407 e. The van der Waals surface area contributed by atoms with Gasteiger partial charge in [-0.3, -0.25) is 0 Å². The lowest BCUT2D eigenvalue weighted by Gasteiger charge is -2.19. The van der Waals surface area contributed by atoms with Gasteiger partial charge in [0.1, 0.15) is 5.60 Å². The molecule has 0 fully saturated rings. The Morgan fingerprint density at radius 2 is 2.11 bits per heavy atom. The van der Waals surface area contributed by atoms with E-state index < -0.39 is 11.7 Å². The first-order valence-electron chi connectivity index (χ1n) is 5.79. The van der Waals surface area contributed by atoms with Crippen molar-refractivity contribution in [2.45, 2.75) is 32.8 Å². The van der Waals surface area contributed by atoms with Crippen molar-refractivity contribution in [3.8, 4) is 0 Å². The molecule has 0 saturated heterocycles. The van der Waals surface area contributed by atoms with E-state index in [9.17, 15) is 4.79 Å². The second-order valence-electron chi connectivity index (χ2n) is 5.03. The van der Waals surface area contributed by atoms with Gasteiger partial charge in [0.25, 0.3) is 0 Å². The number of benzene rings is 1. The van der Waals surface area contributed by atoms with Crippen LogP contribution in [0.25, 0.3) is 0 Å². The molecule has 1 amide bonds. The number of halogens is 1. The van der Waals surface area contributed by atoms with Gasteiger partial charge in [-0.2, -0.15) is 0 Å². The quantitative estimate of drug-likeness (QED) is 0.843. The molecule has 3 N–H and O–H groups in total. The maximum atomic E-state index is 11.4. The van der Waals surface area contributed by atoms with Gasteiger partial charge in [0.15, 0.2) is 0 Å². The summed E-state index contributed by atoms with van der Waals surface area (Å²) in [4.78, 5) is 11.4. The van der Waals surface area contributed by atoms with Crippen LogP contribution in [0.3, 0.4) is 0 Å². The first-order chi connectivity index (χ1) is 8.28. The van der Waals surface area contributed by atoms with Gasteiger partial charge in [-0.15, -0.1) is 0 Å². The van der Waals surface area contributed by atoms with E-state index in [2.05, 4.69) is 21.2 Å². The van der Waals surface area contributed by atoms with Gasteiger partial charge in [-0.25, -0.2) is 4.79 Å². The average Bonchev–Trinajstić information content (AvgIpc) is 2.20. The van der Waals surface area contributed by atoms with Crippen LogP contribution in [-0.4, -0.2) is 18.2 Å². The number of nitrogen functional groups attached to an aromatic ring is 1. The largest absolute Gasteiger partial charge is 0.444 e. The van der Waals surface area contributed by atoms with Crippen LogP contribution < -0.4 is 11.1 Å². The number of carbonyl (C=O) groups excluding carboxylic acids is 1. The number of anilines is 1. The summed E-state index contributed by atoms with van der Waals surface area (Å²) in [6.45, 7) is 6.01. The molecule has 100 valence electrons. The molecule has 0 aliphatic carbocycles. The summed E-state index contributed by atoms with van der Waals surface area (Å²) in [7, 11) is 0. The lowest BCUT2D eigenvalue weighted by molar-refractivity contribution is 0.0528. The Morgan fingerprint density at radius 1 is 1.44 bits per heavy atom. The molecule has 0 heterocycles. The van der Waals surface area contributed by atoms with Gasteiger partial charge in [-0.1, -0.05) is 15.9 Å². The summed E-state index contributed by atoms with van der Waals surface area (Å²) in [6.07, 6.45) is 0.299. The van der Waals surface area contributed by atoms with Gasteiger partial charge < -0.3 is 15.8 Å². The number of nitrogens with one attached hydrogen (secondary N) is 1. The van der Waals surface area contributed by atoms with E-state index in [0.717, 1.165) is 10.0 Å². The molecule has 0 spiro atoms. The minimum absolute atomic E-state index is 0.400. The molecule has 5 heteroatoms. The molecule has 1 rings (SSSR count). The van der Waals surface area contributed by atoms with E-state index in [-0.39, 0.29) is 0 Å². The number of nitrogens with two attached hydrogens (primary N) is 1. The third kappa shape index (κ3) is 5.40. The number of hydrogen-bond acceptors (Lipinski definition) is 3. The van der Waals surface area contributed by atoms with Crippen LogP contribution in [0.15, 0.2) is 22.7 Å². The summed E-state index contributed by atoms with van der Waals surface area (Å²) in [5, 5.41) is 2.71. The minimum atomic E-state index is -0.470. The van der Waals surface area contributed by atoms with Crippen LogP contribution in [-0.2, 0) is 11.2 Å². The molecule has 0 radical (unpaired) electrons. The molecule has 0 aliphatic rings. The van der Waals surface area contributed by atoms with Gasteiger partial charge >= 0.3 is 6.09 Å². The minimum Gasteiger partial charge on any atom is -0.444 e. The standard InChI is InChI=1S/C13H19BrN2O2/c1-13(2,3)18-12(17)16-7-6-9-8-10(15)4-5-11(9)14/h4-5,8H,6-7,15H2,1-3H3,(H,16,17). The van der Waals surface area contributed by atoms with Crippen LogP contribution >= 0.6 is 15.9 Å². The molecular weight excluding hydrogens is 296 g/mol. The SMILES string of the molecule is CC(C)(C)OC(=O)NCCc1cc(N)ccc1Br. The molecule has 1 aromatic rings. The second-order valence-corrected chi connectivity index (χ2v) is 5.88. The zero-order valence-corrected chi connectivity index (χ0v) is 12.5. The molecule has 0 unspecified atom stereocenters. The summed E-state index contributed by atoms with van der Waals surface area (Å²) >= 11 is 3.45. The number of carbonyl (C=O) groups is 1. The van der Waals surface area contributed by atoms with Crippen LogP contribution in [0.5, 0.6) is 0 Å². The summed E-state index contributed by atoms with van der Waals surface area (Å²) in [6, 6.07) is 5.62. The van der Waals surface area contributed by atoms with Gasteiger partial charge in [0.2, 0.25) is 0 Å². The Balaban J connectivity index is 2.42. The van der Waals surface area contributed by atoms with E-state index in [1.165, 1.54) is 0 Å². The fourth-order valence-electron chi connectivity index (χ4n) is 1.40. The summed E-state index contributed by atoms with van der Waals surface area (Å²) in [5.74, 6) is 0. The predicted octanol–water partition coefficient (Wildman–Crippen LogP) is 3.10. The van der Waals surface area contributed by atoms with Crippen LogP contribution in [0.1, 0.15) is 26.3 Å². The monoisotopic (exact) mass is 314 g/mol. The fraction of sp³-hybridized carbons (Fsp3) is 0.462. The molecule has 0 aromatic heterocycles. The van der Waals surface area contributed by atoms with E-state index in [1.807, 2.05) is 39.0 Å². The van der Waals surface area contributed by atoms with E-state index in [0.29, 0.717) is 18.7 Å². The lowest BCUT2D eigenvalue weighted by atomic mass is 10.1. The number of ether oxygens (including phenoxy) is 1. The Kier molecular flexibility index (Phi) is 5.02. The van der Waals surface area contributed by atoms with Crippen molar-refractivity contribution in [3.63, 3.8) is 0 Å². The Morgan fingerprint density at radius 3 is 2.72 bits per heavy atom. The normalized spacial score (nSPS) is 11.1. The third-order valence-corrected chi connectivity index (χ3v) is 2.91. The van der Waals surface area contributed by atoms with Crippen molar-refractivity contribution in [1.29, 1.82) is 0 Å². The van der Waals surface area contributed by atoms with Crippen molar-refractivity contribution in [1.82, 2.24) is 5.32 Å². The first kappa shape index (κ1) is 14.8. The molecule has 1 aromatic carbocycles. The van der Waals surface area contributed by atoms with Crippen LogP contribution in [0, 0.1) is 0 Å².